The number of rotatable bonds is 6. The molecule has 136 valence electrons. The fourth-order valence-electron chi connectivity index (χ4n) is 2.85. The van der Waals surface area contributed by atoms with Crippen LogP contribution in [0.1, 0.15) is 15.9 Å². The summed E-state index contributed by atoms with van der Waals surface area (Å²) in [6.45, 7) is 3.25. The van der Waals surface area contributed by atoms with Gasteiger partial charge in [-0.05, 0) is 48.0 Å². The second-order valence-electron chi connectivity index (χ2n) is 5.99. The summed E-state index contributed by atoms with van der Waals surface area (Å²) in [5, 5.41) is 0. The Morgan fingerprint density at radius 1 is 1.00 bits per heavy atom. The van der Waals surface area contributed by atoms with Crippen LogP contribution in [-0.4, -0.2) is 46.3 Å². The van der Waals surface area contributed by atoms with E-state index < -0.39 is 0 Å². The maximum atomic E-state index is 12.4. The fraction of sp³-hybridized carbons (Fsp3) is 0.286. The minimum Gasteiger partial charge on any atom is -0.497 e. The number of anilines is 1. The molecule has 1 heterocycles. The van der Waals surface area contributed by atoms with Gasteiger partial charge in [-0.25, -0.2) is 0 Å². The lowest BCUT2D eigenvalue weighted by atomic mass is 10.1. The van der Waals surface area contributed by atoms with Gasteiger partial charge in [-0.15, -0.1) is 0 Å². The maximum absolute atomic E-state index is 12.4. The Bertz CT molecular complexity index is 755. The third-order valence-corrected chi connectivity index (χ3v) is 4.33. The molecule has 5 nitrogen and oxygen atoms in total. The van der Waals surface area contributed by atoms with Gasteiger partial charge in [-0.3, -0.25) is 4.79 Å². The number of carbonyl (C=O) groups excluding carboxylic acids is 1. The summed E-state index contributed by atoms with van der Waals surface area (Å²) in [6.07, 6.45) is 3.33. The summed E-state index contributed by atoms with van der Waals surface area (Å²) in [5.41, 5.74) is 2.62. The Labute approximate surface area is 153 Å². The van der Waals surface area contributed by atoms with Crippen molar-refractivity contribution in [2.45, 2.75) is 0 Å². The zero-order valence-corrected chi connectivity index (χ0v) is 15.1. The molecule has 0 unspecified atom stereocenters. The quantitative estimate of drug-likeness (QED) is 0.588. The highest BCUT2D eigenvalue weighted by atomic mass is 16.5. The molecule has 1 aliphatic heterocycles. The topological polar surface area (TPSA) is 48.0 Å². The van der Waals surface area contributed by atoms with Crippen molar-refractivity contribution < 1.29 is 19.0 Å². The first-order valence-electron chi connectivity index (χ1n) is 8.58. The van der Waals surface area contributed by atoms with Gasteiger partial charge in [0.1, 0.15) is 11.5 Å². The van der Waals surface area contributed by atoms with Crippen LogP contribution < -0.4 is 14.4 Å². The van der Waals surface area contributed by atoms with Gasteiger partial charge >= 0.3 is 0 Å². The van der Waals surface area contributed by atoms with Crippen LogP contribution in [0.5, 0.6) is 11.5 Å². The third kappa shape index (κ3) is 4.43. The molecule has 2 aromatic carbocycles. The molecular formula is C21H23NO4. The first kappa shape index (κ1) is 18.0. The molecule has 2 aromatic rings. The highest BCUT2D eigenvalue weighted by Crippen LogP contribution is 2.23. The lowest BCUT2D eigenvalue weighted by Crippen LogP contribution is -2.36. The average molecular weight is 353 g/mol. The van der Waals surface area contributed by atoms with Crippen LogP contribution in [0.3, 0.4) is 0 Å². The van der Waals surface area contributed by atoms with Gasteiger partial charge in [-0.1, -0.05) is 6.08 Å². The van der Waals surface area contributed by atoms with Crippen molar-refractivity contribution in [1.82, 2.24) is 0 Å². The number of morpholine rings is 1. The molecule has 0 aliphatic carbocycles. The number of hydrogen-bond donors (Lipinski definition) is 0. The number of ether oxygens (including phenoxy) is 3. The molecule has 0 amide bonds. The molecule has 1 aliphatic rings. The smallest absolute Gasteiger partial charge is 0.185 e. The van der Waals surface area contributed by atoms with E-state index in [1.54, 1.807) is 32.4 Å². The molecule has 26 heavy (non-hydrogen) atoms. The van der Waals surface area contributed by atoms with Crippen molar-refractivity contribution in [3.8, 4) is 11.5 Å². The Hall–Kier alpha value is -2.79. The van der Waals surface area contributed by atoms with Gasteiger partial charge in [0.15, 0.2) is 5.78 Å². The second-order valence-corrected chi connectivity index (χ2v) is 5.99. The third-order valence-electron chi connectivity index (χ3n) is 4.33. The van der Waals surface area contributed by atoms with Crippen LogP contribution in [0.15, 0.2) is 48.5 Å². The number of benzene rings is 2. The number of ketones is 1. The SMILES string of the molecule is COc1cc(C=CC(=O)c2ccc(N3CCOCC3)cc2)cc(OC)c1. The Morgan fingerprint density at radius 2 is 1.62 bits per heavy atom. The molecule has 0 saturated carbocycles. The van der Waals surface area contributed by atoms with E-state index in [9.17, 15) is 4.79 Å². The van der Waals surface area contributed by atoms with Gasteiger partial charge in [0, 0.05) is 30.4 Å². The van der Waals surface area contributed by atoms with Crippen molar-refractivity contribution in [2.75, 3.05) is 45.4 Å². The molecule has 0 atom stereocenters. The zero-order valence-electron chi connectivity index (χ0n) is 15.1. The molecule has 3 rings (SSSR count). The highest BCUT2D eigenvalue weighted by molar-refractivity contribution is 6.07. The van der Waals surface area contributed by atoms with Crippen molar-refractivity contribution in [3.63, 3.8) is 0 Å². The Morgan fingerprint density at radius 3 is 2.19 bits per heavy atom. The highest BCUT2D eigenvalue weighted by Gasteiger charge is 2.11. The number of hydrogen-bond acceptors (Lipinski definition) is 5. The summed E-state index contributed by atoms with van der Waals surface area (Å²) < 4.78 is 15.9. The molecular weight excluding hydrogens is 330 g/mol. The first-order chi connectivity index (χ1) is 12.7. The number of methoxy groups -OCH3 is 2. The molecule has 5 heteroatoms. The molecule has 0 aromatic heterocycles. The lowest BCUT2D eigenvalue weighted by molar-refractivity contribution is 0.104. The molecule has 0 bridgehead atoms. The van der Waals surface area contributed by atoms with Crippen LogP contribution >= 0.6 is 0 Å². The normalized spacial score (nSPS) is 14.5. The van der Waals surface area contributed by atoms with E-state index in [0.29, 0.717) is 17.1 Å². The van der Waals surface area contributed by atoms with Gasteiger partial charge < -0.3 is 19.1 Å². The number of nitrogens with zero attached hydrogens (tertiary/aromatic N) is 1. The van der Waals surface area contributed by atoms with Crippen molar-refractivity contribution >= 4 is 17.5 Å². The largest absolute Gasteiger partial charge is 0.497 e. The minimum absolute atomic E-state index is 0.0414. The summed E-state index contributed by atoms with van der Waals surface area (Å²) in [5.74, 6) is 1.33. The van der Waals surface area contributed by atoms with E-state index >= 15 is 0 Å². The Kier molecular flexibility index (Phi) is 5.92. The van der Waals surface area contributed by atoms with E-state index in [4.69, 9.17) is 14.2 Å². The van der Waals surface area contributed by atoms with Crippen molar-refractivity contribution in [1.29, 1.82) is 0 Å². The average Bonchev–Trinajstić information content (AvgIpc) is 2.72. The van der Waals surface area contributed by atoms with Gasteiger partial charge in [0.25, 0.3) is 0 Å². The van der Waals surface area contributed by atoms with Crippen LogP contribution in [-0.2, 0) is 4.74 Å². The first-order valence-corrected chi connectivity index (χ1v) is 8.58. The summed E-state index contributed by atoms with van der Waals surface area (Å²) in [7, 11) is 3.20. The number of carbonyl (C=O) groups is 1. The van der Waals surface area contributed by atoms with Crippen LogP contribution in [0.25, 0.3) is 6.08 Å². The molecule has 1 fully saturated rings. The predicted octanol–water partition coefficient (Wildman–Crippen LogP) is 3.44. The van der Waals surface area contributed by atoms with Crippen LogP contribution in [0.4, 0.5) is 5.69 Å². The predicted molar refractivity (Wildman–Crippen MR) is 102 cm³/mol. The van der Waals surface area contributed by atoms with E-state index in [1.165, 1.54) is 0 Å². The Balaban J connectivity index is 1.70. The number of allylic oxidation sites excluding steroid dienone is 1. The standard InChI is InChI=1S/C21H23NO4/c1-24-19-13-16(14-20(15-19)25-2)3-8-21(23)17-4-6-18(7-5-17)22-9-11-26-12-10-22/h3-8,13-15H,9-12H2,1-2H3. The van der Waals surface area contributed by atoms with Gasteiger partial charge in [0.2, 0.25) is 0 Å². The monoisotopic (exact) mass is 353 g/mol. The lowest BCUT2D eigenvalue weighted by Gasteiger charge is -2.28. The molecule has 1 saturated heterocycles. The van der Waals surface area contributed by atoms with Gasteiger partial charge in [0.05, 0.1) is 27.4 Å². The minimum atomic E-state index is -0.0414. The fourth-order valence-corrected chi connectivity index (χ4v) is 2.85. The van der Waals surface area contributed by atoms with E-state index in [2.05, 4.69) is 4.90 Å². The van der Waals surface area contributed by atoms with E-state index in [1.807, 2.05) is 36.4 Å². The maximum Gasteiger partial charge on any atom is 0.185 e. The molecule has 0 radical (unpaired) electrons. The van der Waals surface area contributed by atoms with E-state index in [0.717, 1.165) is 37.6 Å². The van der Waals surface area contributed by atoms with E-state index in [-0.39, 0.29) is 5.78 Å². The van der Waals surface area contributed by atoms with Crippen molar-refractivity contribution in [2.24, 2.45) is 0 Å². The van der Waals surface area contributed by atoms with Crippen molar-refractivity contribution in [3.05, 3.63) is 59.7 Å². The summed E-state index contributed by atoms with van der Waals surface area (Å²) >= 11 is 0. The summed E-state index contributed by atoms with van der Waals surface area (Å²) in [6, 6.07) is 13.2. The molecule has 0 spiro atoms. The van der Waals surface area contributed by atoms with Gasteiger partial charge in [-0.2, -0.15) is 0 Å². The van der Waals surface area contributed by atoms with Crippen LogP contribution in [0, 0.1) is 0 Å². The van der Waals surface area contributed by atoms with Crippen LogP contribution in [0.2, 0.25) is 0 Å². The summed E-state index contributed by atoms with van der Waals surface area (Å²) in [4.78, 5) is 14.7. The molecule has 0 N–H and O–H groups in total. The second kappa shape index (κ2) is 8.54. The zero-order chi connectivity index (χ0) is 18.4.